The van der Waals surface area contributed by atoms with Crippen LogP contribution in [0.4, 0.5) is 0 Å². The molecule has 0 spiro atoms. The molecule has 0 N–H and O–H groups in total. The monoisotopic (exact) mass is 439 g/mol. The summed E-state index contributed by atoms with van der Waals surface area (Å²) in [7, 11) is 0. The van der Waals surface area contributed by atoms with Gasteiger partial charge in [-0.2, -0.15) is 0 Å². The third-order valence-corrected chi connectivity index (χ3v) is 6.07. The van der Waals surface area contributed by atoms with E-state index >= 15 is 0 Å². The van der Waals surface area contributed by atoms with Crippen LogP contribution in [0.3, 0.4) is 0 Å². The Kier molecular flexibility index (Phi) is 7.96. The number of furan rings is 1. The maximum Gasteiger partial charge on any atom is 0.242 e. The molecule has 2 aliphatic rings. The fraction of sp³-hybridized carbons (Fsp3) is 0.520. The third-order valence-electron chi connectivity index (χ3n) is 6.07. The average Bonchev–Trinajstić information content (AvgIpc) is 3.55. The Bertz CT molecular complexity index is 845. The summed E-state index contributed by atoms with van der Waals surface area (Å²) in [6, 6.07) is 13.6. The lowest BCUT2D eigenvalue weighted by Crippen LogP contribution is -2.44. The third kappa shape index (κ3) is 6.68. The quantitative estimate of drug-likeness (QED) is 0.539. The van der Waals surface area contributed by atoms with E-state index in [0.29, 0.717) is 19.6 Å². The number of benzene rings is 1. The van der Waals surface area contributed by atoms with Crippen LogP contribution in [0.2, 0.25) is 0 Å². The summed E-state index contributed by atoms with van der Waals surface area (Å²) in [5, 5.41) is 0. The molecule has 2 aromatic rings. The second-order valence-corrected chi connectivity index (χ2v) is 8.66. The number of hydrogen-bond acceptors (Lipinski definition) is 5. The molecule has 0 unspecified atom stereocenters. The second kappa shape index (κ2) is 11.3. The largest absolute Gasteiger partial charge is 0.467 e. The minimum Gasteiger partial charge on any atom is -0.467 e. The van der Waals surface area contributed by atoms with Gasteiger partial charge in [0.25, 0.3) is 0 Å². The second-order valence-electron chi connectivity index (χ2n) is 8.66. The van der Waals surface area contributed by atoms with Crippen LogP contribution in [0.5, 0.6) is 0 Å². The lowest BCUT2D eigenvalue weighted by Gasteiger charge is -2.30. The van der Waals surface area contributed by atoms with Gasteiger partial charge in [-0.25, -0.2) is 0 Å². The summed E-state index contributed by atoms with van der Waals surface area (Å²) in [5.41, 5.74) is 1.06. The highest BCUT2D eigenvalue weighted by molar-refractivity contribution is 5.87. The van der Waals surface area contributed by atoms with Gasteiger partial charge in [0.1, 0.15) is 5.76 Å². The van der Waals surface area contributed by atoms with E-state index in [-0.39, 0.29) is 24.3 Å². The highest BCUT2D eigenvalue weighted by Gasteiger charge is 2.34. The molecule has 2 heterocycles. The van der Waals surface area contributed by atoms with E-state index in [9.17, 15) is 9.59 Å². The Morgan fingerprint density at radius 2 is 1.75 bits per heavy atom. The maximum absolute atomic E-state index is 13.4. The average molecular weight is 440 g/mol. The van der Waals surface area contributed by atoms with Gasteiger partial charge < -0.3 is 19.0 Å². The van der Waals surface area contributed by atoms with Gasteiger partial charge in [0.2, 0.25) is 11.8 Å². The highest BCUT2D eigenvalue weighted by Crippen LogP contribution is 2.31. The molecule has 0 bridgehead atoms. The van der Waals surface area contributed by atoms with Gasteiger partial charge in [-0.1, -0.05) is 30.3 Å². The molecular formula is C25H33N3O4. The fourth-order valence-corrected chi connectivity index (χ4v) is 4.06. The van der Waals surface area contributed by atoms with Crippen molar-refractivity contribution in [3.8, 4) is 0 Å². The van der Waals surface area contributed by atoms with Crippen LogP contribution in [-0.4, -0.2) is 72.5 Å². The predicted octanol–water partition coefficient (Wildman–Crippen LogP) is 2.77. The van der Waals surface area contributed by atoms with E-state index in [4.69, 9.17) is 9.15 Å². The summed E-state index contributed by atoms with van der Waals surface area (Å²) >= 11 is 0. The molecule has 0 atom stereocenters. The van der Waals surface area contributed by atoms with Crippen molar-refractivity contribution in [2.75, 3.05) is 45.9 Å². The molecule has 1 saturated heterocycles. The van der Waals surface area contributed by atoms with Crippen molar-refractivity contribution in [2.45, 2.75) is 32.4 Å². The summed E-state index contributed by atoms with van der Waals surface area (Å²) < 4.78 is 10.9. The number of rotatable bonds is 11. The standard InChI is InChI=1S/C25H33N3O4/c29-24(28(19-23-8-4-15-32-23)18-21-6-2-1-3-7-21)20-27(25(30)22-9-10-22)12-5-11-26-13-16-31-17-14-26/h1-4,6-8,15,22H,5,9-14,16-20H2. The Hall–Kier alpha value is -2.64. The lowest BCUT2D eigenvalue weighted by molar-refractivity contribution is -0.142. The molecule has 0 radical (unpaired) electrons. The van der Waals surface area contributed by atoms with E-state index in [1.165, 1.54) is 0 Å². The first kappa shape index (κ1) is 22.6. The summed E-state index contributed by atoms with van der Waals surface area (Å²) in [4.78, 5) is 32.2. The van der Waals surface area contributed by atoms with Crippen molar-refractivity contribution in [3.05, 3.63) is 60.1 Å². The molecular weight excluding hydrogens is 406 g/mol. The Morgan fingerprint density at radius 1 is 0.969 bits per heavy atom. The molecule has 1 aliphatic heterocycles. The minimum atomic E-state index is -0.0503. The van der Waals surface area contributed by atoms with Crippen molar-refractivity contribution in [1.29, 1.82) is 0 Å². The van der Waals surface area contributed by atoms with Gasteiger partial charge >= 0.3 is 0 Å². The van der Waals surface area contributed by atoms with Gasteiger partial charge in [-0.15, -0.1) is 0 Å². The van der Waals surface area contributed by atoms with Crippen LogP contribution in [0.1, 0.15) is 30.6 Å². The van der Waals surface area contributed by atoms with E-state index in [2.05, 4.69) is 4.90 Å². The molecule has 4 rings (SSSR count). The van der Waals surface area contributed by atoms with Crippen molar-refractivity contribution >= 4 is 11.8 Å². The van der Waals surface area contributed by atoms with Gasteiger partial charge in [0, 0.05) is 38.6 Å². The molecule has 1 saturated carbocycles. The molecule has 2 fully saturated rings. The van der Waals surface area contributed by atoms with Gasteiger partial charge in [-0.05, 0) is 37.0 Å². The lowest BCUT2D eigenvalue weighted by atomic mass is 10.2. The molecule has 7 nitrogen and oxygen atoms in total. The number of ether oxygens (including phenoxy) is 1. The zero-order valence-corrected chi connectivity index (χ0v) is 18.7. The van der Waals surface area contributed by atoms with E-state index < -0.39 is 0 Å². The first-order chi connectivity index (χ1) is 15.7. The van der Waals surface area contributed by atoms with E-state index in [0.717, 1.165) is 63.4 Å². The number of carbonyl (C=O) groups is 2. The van der Waals surface area contributed by atoms with Gasteiger partial charge in [0.15, 0.2) is 0 Å². The number of hydrogen-bond donors (Lipinski definition) is 0. The highest BCUT2D eigenvalue weighted by atomic mass is 16.5. The number of carbonyl (C=O) groups excluding carboxylic acids is 2. The fourth-order valence-electron chi connectivity index (χ4n) is 4.06. The first-order valence-corrected chi connectivity index (χ1v) is 11.6. The topological polar surface area (TPSA) is 66.2 Å². The minimum absolute atomic E-state index is 0.0503. The molecule has 172 valence electrons. The predicted molar refractivity (Wildman–Crippen MR) is 121 cm³/mol. The molecule has 7 heteroatoms. The SMILES string of the molecule is O=C(CN(CCCN1CCOCC1)C(=O)C1CC1)N(Cc1ccccc1)Cc1ccco1. The normalized spacial score (nSPS) is 16.6. The zero-order chi connectivity index (χ0) is 22.2. The first-order valence-electron chi connectivity index (χ1n) is 11.6. The van der Waals surface area contributed by atoms with Crippen LogP contribution >= 0.6 is 0 Å². The van der Waals surface area contributed by atoms with Crippen molar-refractivity contribution < 1.29 is 18.7 Å². The molecule has 2 amide bonds. The summed E-state index contributed by atoms with van der Waals surface area (Å²) in [6.07, 6.45) is 4.36. The van der Waals surface area contributed by atoms with E-state index in [1.54, 1.807) is 16.1 Å². The number of amides is 2. The van der Waals surface area contributed by atoms with Crippen molar-refractivity contribution in [1.82, 2.24) is 14.7 Å². The smallest absolute Gasteiger partial charge is 0.242 e. The van der Waals surface area contributed by atoms with Gasteiger partial charge in [0.05, 0.1) is 32.6 Å². The molecule has 1 aromatic heterocycles. The molecule has 32 heavy (non-hydrogen) atoms. The van der Waals surface area contributed by atoms with Crippen LogP contribution in [0.15, 0.2) is 53.1 Å². The zero-order valence-electron chi connectivity index (χ0n) is 18.7. The Labute approximate surface area is 189 Å². The van der Waals surface area contributed by atoms with E-state index in [1.807, 2.05) is 42.5 Å². The Morgan fingerprint density at radius 3 is 2.44 bits per heavy atom. The number of morpholine rings is 1. The van der Waals surface area contributed by atoms with Gasteiger partial charge in [-0.3, -0.25) is 14.5 Å². The van der Waals surface area contributed by atoms with Crippen LogP contribution in [-0.2, 0) is 27.4 Å². The van der Waals surface area contributed by atoms with Crippen molar-refractivity contribution in [3.63, 3.8) is 0 Å². The Balaban J connectivity index is 1.39. The summed E-state index contributed by atoms with van der Waals surface area (Å²) in [5.74, 6) is 0.907. The summed E-state index contributed by atoms with van der Waals surface area (Å²) in [6.45, 7) is 5.93. The van der Waals surface area contributed by atoms with Crippen LogP contribution < -0.4 is 0 Å². The van der Waals surface area contributed by atoms with Crippen molar-refractivity contribution in [2.24, 2.45) is 5.92 Å². The maximum atomic E-state index is 13.4. The number of nitrogens with zero attached hydrogens (tertiary/aromatic N) is 3. The molecule has 1 aromatic carbocycles. The van der Waals surface area contributed by atoms with Crippen LogP contribution in [0, 0.1) is 5.92 Å². The molecule has 1 aliphatic carbocycles. The van der Waals surface area contributed by atoms with Crippen LogP contribution in [0.25, 0.3) is 0 Å².